The molecular formula is C24H16N3O2SeTe. The van der Waals surface area contributed by atoms with Crippen LogP contribution in [0.2, 0.25) is 0 Å². The van der Waals surface area contributed by atoms with E-state index in [0.29, 0.717) is 3.88 Å². The van der Waals surface area contributed by atoms with Crippen LogP contribution in [-0.2, 0) is 15.0 Å². The normalized spacial score (nSPS) is 18.4. The van der Waals surface area contributed by atoms with Crippen LogP contribution in [0.4, 0.5) is 0 Å². The van der Waals surface area contributed by atoms with Crippen LogP contribution in [0.1, 0.15) is 29.4 Å². The molecule has 7 heteroatoms. The Morgan fingerprint density at radius 1 is 1.06 bits per heavy atom. The molecule has 0 spiro atoms. The van der Waals surface area contributed by atoms with Gasteiger partial charge in [-0.25, -0.2) is 0 Å². The van der Waals surface area contributed by atoms with Gasteiger partial charge in [0.15, 0.2) is 0 Å². The Morgan fingerprint density at radius 3 is 2.65 bits per heavy atom. The molecule has 1 radical (unpaired) electrons. The maximum absolute atomic E-state index is 12.4. The molecule has 0 atom stereocenters. The Labute approximate surface area is 197 Å². The number of carbonyl (C=O) groups is 2. The molecule has 1 N–H and O–H groups in total. The molecule has 151 valence electrons. The van der Waals surface area contributed by atoms with Crippen molar-refractivity contribution in [3.8, 4) is 4.56 Å². The van der Waals surface area contributed by atoms with E-state index in [2.05, 4.69) is 77.3 Å². The average Bonchev–Trinajstić information content (AvgIpc) is 3.29. The zero-order valence-corrected chi connectivity index (χ0v) is 20.8. The molecule has 2 aliphatic rings. The Kier molecular flexibility index (Phi) is 4.07. The summed E-state index contributed by atoms with van der Waals surface area (Å²) in [5, 5.41) is 5.16. The molecule has 2 amide bonds. The van der Waals surface area contributed by atoms with Crippen LogP contribution in [-0.4, -0.2) is 57.1 Å². The van der Waals surface area contributed by atoms with Crippen molar-refractivity contribution < 1.29 is 9.59 Å². The van der Waals surface area contributed by atoms with Gasteiger partial charge in [0.25, 0.3) is 0 Å². The minimum atomic E-state index is -0.470. The number of carbonyl (C=O) groups excluding carboxylic acids is 2. The van der Waals surface area contributed by atoms with Gasteiger partial charge >= 0.3 is 198 Å². The number of hydrogen-bond acceptors (Lipinski definition) is 2. The van der Waals surface area contributed by atoms with Crippen LogP contribution in [0.3, 0.4) is 0 Å². The van der Waals surface area contributed by atoms with E-state index < -0.39 is 5.91 Å². The topological polar surface area (TPSA) is 63.5 Å². The summed E-state index contributed by atoms with van der Waals surface area (Å²) in [6.45, 7) is 4.51. The monoisotopic (exact) mass is 588 g/mol. The summed E-state index contributed by atoms with van der Waals surface area (Å²) in [4.78, 5) is 28.7. The van der Waals surface area contributed by atoms with Gasteiger partial charge in [-0.05, 0) is 0 Å². The summed E-state index contributed by atoms with van der Waals surface area (Å²) in [7, 11) is 0. The van der Waals surface area contributed by atoms with Gasteiger partial charge in [0.2, 0.25) is 0 Å². The van der Waals surface area contributed by atoms with Crippen molar-refractivity contribution in [3.63, 3.8) is 0 Å². The molecule has 4 heterocycles. The maximum atomic E-state index is 12.4. The first-order valence-electron chi connectivity index (χ1n) is 9.86. The number of amidine groups is 1. The third-order valence-electron chi connectivity index (χ3n) is 6.16. The predicted octanol–water partition coefficient (Wildman–Crippen LogP) is 3.04. The van der Waals surface area contributed by atoms with Crippen molar-refractivity contribution >= 4 is 80.4 Å². The van der Waals surface area contributed by atoms with Crippen molar-refractivity contribution in [1.82, 2.24) is 9.88 Å². The van der Waals surface area contributed by atoms with Gasteiger partial charge in [-0.15, -0.1) is 0 Å². The van der Waals surface area contributed by atoms with Gasteiger partial charge in [-0.2, -0.15) is 0 Å². The zero-order valence-electron chi connectivity index (χ0n) is 16.7. The Hall–Kier alpha value is -2.42. The van der Waals surface area contributed by atoms with Gasteiger partial charge in [0.05, 0.1) is 0 Å². The number of amides is 2. The molecule has 0 saturated heterocycles. The number of para-hydroxylation sites is 2. The van der Waals surface area contributed by atoms with E-state index in [9.17, 15) is 9.59 Å². The molecule has 5 nitrogen and oxygen atoms in total. The second-order valence-corrected chi connectivity index (χ2v) is 11.6. The summed E-state index contributed by atoms with van der Waals surface area (Å²) in [5.41, 5.74) is 4.96. The molecule has 2 aliphatic heterocycles. The Bertz CT molecular complexity index is 1540. The summed E-state index contributed by atoms with van der Waals surface area (Å²) in [5.74, 6) is -0.847. The van der Waals surface area contributed by atoms with Crippen LogP contribution in [0.25, 0.3) is 32.4 Å². The fraction of sp³-hybridized carbons (Fsp3) is 0.125. The Morgan fingerprint density at radius 2 is 1.84 bits per heavy atom. The molecule has 31 heavy (non-hydrogen) atoms. The first-order chi connectivity index (χ1) is 14.9. The van der Waals surface area contributed by atoms with Crippen LogP contribution < -0.4 is 5.32 Å². The number of fused-ring (bicyclic) bond motifs is 5. The molecule has 4 aromatic rings. The number of aromatic nitrogens is 1. The number of rotatable bonds is 1. The van der Waals surface area contributed by atoms with Crippen molar-refractivity contribution in [2.24, 2.45) is 4.99 Å². The van der Waals surface area contributed by atoms with Crippen molar-refractivity contribution in [3.05, 3.63) is 69.7 Å². The molecule has 0 fully saturated rings. The number of hydrogen-bond donors (Lipinski definition) is 1. The molecule has 0 bridgehead atoms. The van der Waals surface area contributed by atoms with E-state index in [1.807, 2.05) is 0 Å². The van der Waals surface area contributed by atoms with E-state index in [1.165, 1.54) is 37.5 Å². The molecule has 2 aromatic heterocycles. The number of nitrogens with zero attached hydrogens (tertiary/aromatic N) is 2. The molecular weight excluding hydrogens is 569 g/mol. The standard InChI is InChI=1S/C24H16N3O2SeTe/c1-24(2)16-8-5-7-14-13-6-3-4-9-18(13)27(19(14)16)22-17(24)11-12(30-22)10-15-20(28)25-23(31)26-21(15)29/h3-11H,1-2H3,(H,25,26,28,29). The summed E-state index contributed by atoms with van der Waals surface area (Å²) in [6, 6.07) is 17.2. The third-order valence-corrected chi connectivity index (χ3v) is 8.95. The molecule has 0 aliphatic carbocycles. The van der Waals surface area contributed by atoms with E-state index in [1.54, 1.807) is 28.4 Å². The van der Waals surface area contributed by atoms with Gasteiger partial charge < -0.3 is 0 Å². The minimum absolute atomic E-state index is 0.0424. The van der Waals surface area contributed by atoms with Crippen LogP contribution in [0.15, 0.2) is 59.1 Å². The first-order valence-corrected chi connectivity index (χ1v) is 12.7. The third kappa shape index (κ3) is 2.65. The van der Waals surface area contributed by atoms with E-state index in [-0.39, 0.29) is 31.4 Å². The molecule has 6 rings (SSSR count). The van der Waals surface area contributed by atoms with E-state index >= 15 is 0 Å². The second-order valence-electron chi connectivity index (χ2n) is 8.28. The fourth-order valence-corrected chi connectivity index (χ4v) is 7.87. The van der Waals surface area contributed by atoms with Crippen LogP contribution in [0.5, 0.6) is 0 Å². The fourth-order valence-electron chi connectivity index (χ4n) is 4.68. The average molecular weight is 585 g/mol. The van der Waals surface area contributed by atoms with Crippen molar-refractivity contribution in [1.29, 1.82) is 0 Å². The van der Waals surface area contributed by atoms with E-state index in [4.69, 9.17) is 0 Å². The zero-order chi connectivity index (χ0) is 21.5. The van der Waals surface area contributed by atoms with Gasteiger partial charge in [0.1, 0.15) is 0 Å². The van der Waals surface area contributed by atoms with Crippen LogP contribution >= 0.6 is 0 Å². The Balaban J connectivity index is 1.65. The van der Waals surface area contributed by atoms with Gasteiger partial charge in [-0.1, -0.05) is 0 Å². The molecule has 0 unspecified atom stereocenters. The van der Waals surface area contributed by atoms with Gasteiger partial charge in [0, 0.05) is 0 Å². The quantitative estimate of drug-likeness (QED) is 0.212. The second kappa shape index (κ2) is 6.54. The predicted molar refractivity (Wildman–Crippen MR) is 124 cm³/mol. The van der Waals surface area contributed by atoms with Crippen LogP contribution in [0, 0.1) is 0 Å². The molecule has 0 saturated carbocycles. The summed E-state index contributed by atoms with van der Waals surface area (Å²) >= 11 is 1.50. The first kappa shape index (κ1) is 19.3. The SMILES string of the molecule is CC1(C)c2cc(/C=C3/C(=O)N=C([Te])NC3=O)[se]c2-n2c3ccccc3c3cccc1c32. The number of aliphatic imine (C=N–C) groups is 1. The number of benzene rings is 2. The van der Waals surface area contributed by atoms with Gasteiger partial charge in [-0.3, -0.25) is 0 Å². The summed E-state index contributed by atoms with van der Waals surface area (Å²) < 4.78 is 5.04. The molecule has 2 aromatic carbocycles. The van der Waals surface area contributed by atoms with E-state index in [0.717, 1.165) is 4.44 Å². The van der Waals surface area contributed by atoms with Crippen molar-refractivity contribution in [2.75, 3.05) is 0 Å². The summed E-state index contributed by atoms with van der Waals surface area (Å²) in [6.07, 6.45) is 1.73. The number of nitrogens with one attached hydrogen (secondary N) is 1. The van der Waals surface area contributed by atoms with Crippen molar-refractivity contribution in [2.45, 2.75) is 19.3 Å².